The Morgan fingerprint density at radius 3 is 2.68 bits per heavy atom. The lowest BCUT2D eigenvalue weighted by Gasteiger charge is -2.34. The molecule has 0 saturated carbocycles. The molecule has 1 N–H and O–H groups in total. The van der Waals surface area contributed by atoms with Crippen molar-refractivity contribution >= 4 is 5.91 Å². The van der Waals surface area contributed by atoms with Crippen LogP contribution < -0.4 is 14.8 Å². The van der Waals surface area contributed by atoms with Gasteiger partial charge >= 0.3 is 0 Å². The molecule has 6 heteroatoms. The van der Waals surface area contributed by atoms with Gasteiger partial charge in [0, 0.05) is 27.2 Å². The molecule has 1 aromatic carbocycles. The molecule has 0 aromatic heterocycles. The Hall–Kier alpha value is -1.79. The molecule has 28 heavy (non-hydrogen) atoms. The van der Waals surface area contributed by atoms with Crippen LogP contribution in [0, 0.1) is 5.41 Å². The summed E-state index contributed by atoms with van der Waals surface area (Å²) < 4.78 is 11.7. The highest BCUT2D eigenvalue weighted by atomic mass is 16.5. The molecule has 2 heterocycles. The number of hydrogen-bond acceptors (Lipinski definition) is 5. The Morgan fingerprint density at radius 2 is 2.00 bits per heavy atom. The third-order valence-electron chi connectivity index (χ3n) is 5.99. The first-order valence-electron chi connectivity index (χ1n) is 10.5. The third kappa shape index (κ3) is 4.97. The van der Waals surface area contributed by atoms with Gasteiger partial charge in [0.25, 0.3) is 5.91 Å². The molecule has 2 aliphatic heterocycles. The molecule has 1 atom stereocenters. The van der Waals surface area contributed by atoms with E-state index in [9.17, 15) is 4.79 Å². The second-order valence-electron chi connectivity index (χ2n) is 8.42. The van der Waals surface area contributed by atoms with Gasteiger partial charge in [-0.1, -0.05) is 6.07 Å². The van der Waals surface area contributed by atoms with Crippen molar-refractivity contribution in [1.29, 1.82) is 0 Å². The first-order valence-corrected chi connectivity index (χ1v) is 10.5. The summed E-state index contributed by atoms with van der Waals surface area (Å²) in [5, 5.41) is 3.48. The van der Waals surface area contributed by atoms with E-state index < -0.39 is 6.10 Å². The molecule has 1 aromatic rings. The number of ether oxygens (including phenoxy) is 2. The summed E-state index contributed by atoms with van der Waals surface area (Å²) in [6, 6.07) is 6.10. The van der Waals surface area contributed by atoms with E-state index >= 15 is 0 Å². The third-order valence-corrected chi connectivity index (χ3v) is 5.99. The molecule has 1 spiro atoms. The summed E-state index contributed by atoms with van der Waals surface area (Å²) in [7, 11) is 3.47. The van der Waals surface area contributed by atoms with Gasteiger partial charge in [-0.2, -0.15) is 0 Å². The number of amides is 1. The van der Waals surface area contributed by atoms with Crippen LogP contribution in [0.3, 0.4) is 0 Å². The van der Waals surface area contributed by atoms with Crippen molar-refractivity contribution in [2.75, 3.05) is 46.9 Å². The normalized spacial score (nSPS) is 20.1. The number of nitrogens with zero attached hydrogens (tertiary/aromatic N) is 2. The number of hydrogen-bond donors (Lipinski definition) is 1. The molecule has 6 nitrogen and oxygen atoms in total. The smallest absolute Gasteiger partial charge is 0.262 e. The molecule has 0 aliphatic carbocycles. The summed E-state index contributed by atoms with van der Waals surface area (Å²) >= 11 is 0. The lowest BCUT2D eigenvalue weighted by atomic mass is 9.78. The van der Waals surface area contributed by atoms with E-state index in [-0.39, 0.29) is 5.91 Å². The number of nitrogens with one attached hydrogen (secondary N) is 1. The van der Waals surface area contributed by atoms with Crippen molar-refractivity contribution in [2.24, 2.45) is 5.41 Å². The lowest BCUT2D eigenvalue weighted by molar-refractivity contribution is -0.135. The van der Waals surface area contributed by atoms with Gasteiger partial charge in [0.1, 0.15) is 0 Å². The second-order valence-corrected chi connectivity index (χ2v) is 8.42. The minimum absolute atomic E-state index is 0.0594. The van der Waals surface area contributed by atoms with Crippen molar-refractivity contribution in [1.82, 2.24) is 15.1 Å². The van der Waals surface area contributed by atoms with E-state index in [1.807, 2.05) is 13.0 Å². The number of likely N-dealkylation sites (N-methyl/N-ethyl adjacent to an activating group) is 1. The summed E-state index contributed by atoms with van der Waals surface area (Å²) in [6.45, 7) is 9.89. The monoisotopic (exact) mass is 389 g/mol. The van der Waals surface area contributed by atoms with E-state index in [1.165, 1.54) is 31.4 Å². The Morgan fingerprint density at radius 1 is 1.25 bits per heavy atom. The van der Waals surface area contributed by atoms with Crippen LogP contribution in [0.5, 0.6) is 11.5 Å². The SMILES string of the molecule is CCOc1cc(CN2CCC3(CCNCC3)C2)ccc1OC(C)C(=O)N(C)C. The highest BCUT2D eigenvalue weighted by Crippen LogP contribution is 2.39. The molecule has 0 bridgehead atoms. The number of benzene rings is 1. The Labute approximate surface area is 169 Å². The van der Waals surface area contributed by atoms with Crippen molar-refractivity contribution in [3.63, 3.8) is 0 Å². The molecular weight excluding hydrogens is 354 g/mol. The Balaban J connectivity index is 1.66. The predicted molar refractivity (Wildman–Crippen MR) is 111 cm³/mol. The van der Waals surface area contributed by atoms with Crippen LogP contribution in [0.2, 0.25) is 0 Å². The molecule has 156 valence electrons. The zero-order valence-corrected chi connectivity index (χ0v) is 17.8. The fourth-order valence-corrected chi connectivity index (χ4v) is 4.41. The van der Waals surface area contributed by atoms with Gasteiger partial charge in [-0.15, -0.1) is 0 Å². The van der Waals surface area contributed by atoms with Gasteiger partial charge in [0.05, 0.1) is 6.61 Å². The van der Waals surface area contributed by atoms with Crippen LogP contribution in [0.1, 0.15) is 38.7 Å². The van der Waals surface area contributed by atoms with Crippen molar-refractivity contribution in [3.8, 4) is 11.5 Å². The van der Waals surface area contributed by atoms with Gasteiger partial charge in [0.2, 0.25) is 0 Å². The number of likely N-dealkylation sites (tertiary alicyclic amines) is 1. The van der Waals surface area contributed by atoms with Crippen molar-refractivity contribution < 1.29 is 14.3 Å². The summed E-state index contributed by atoms with van der Waals surface area (Å²) in [6.07, 6.45) is 3.34. The Kier molecular flexibility index (Phi) is 6.83. The van der Waals surface area contributed by atoms with Gasteiger partial charge in [-0.25, -0.2) is 0 Å². The number of rotatable bonds is 7. The van der Waals surface area contributed by atoms with Crippen LogP contribution >= 0.6 is 0 Å². The van der Waals surface area contributed by atoms with E-state index in [0.29, 0.717) is 23.5 Å². The fourth-order valence-electron chi connectivity index (χ4n) is 4.41. The van der Waals surface area contributed by atoms with Crippen LogP contribution in [0.15, 0.2) is 18.2 Å². The maximum Gasteiger partial charge on any atom is 0.262 e. The van der Waals surface area contributed by atoms with Crippen LogP contribution in [-0.4, -0.2) is 68.7 Å². The highest BCUT2D eigenvalue weighted by molar-refractivity contribution is 5.80. The molecule has 3 rings (SSSR count). The lowest BCUT2D eigenvalue weighted by Crippen LogP contribution is -2.38. The first kappa shape index (κ1) is 20.9. The summed E-state index contributed by atoms with van der Waals surface area (Å²) in [5.74, 6) is 1.29. The average molecular weight is 390 g/mol. The van der Waals surface area contributed by atoms with E-state index in [1.54, 1.807) is 25.9 Å². The standard InChI is InChI=1S/C22H35N3O3/c1-5-27-20-14-18(6-7-19(20)28-17(2)21(26)24(3)4)15-25-13-10-22(16-25)8-11-23-12-9-22/h6-7,14,17,23H,5,8-13,15-16H2,1-4H3. The number of carbonyl (C=O) groups is 1. The fraction of sp³-hybridized carbons (Fsp3) is 0.682. The van der Waals surface area contributed by atoms with Gasteiger partial charge < -0.3 is 19.7 Å². The number of carbonyl (C=O) groups excluding carboxylic acids is 1. The van der Waals surface area contributed by atoms with Gasteiger partial charge in [0.15, 0.2) is 17.6 Å². The minimum Gasteiger partial charge on any atom is -0.490 e. The predicted octanol–water partition coefficient (Wildman–Crippen LogP) is 2.52. The maximum atomic E-state index is 12.1. The van der Waals surface area contributed by atoms with Crippen LogP contribution in [0.25, 0.3) is 0 Å². The largest absolute Gasteiger partial charge is 0.490 e. The molecule has 2 fully saturated rings. The highest BCUT2D eigenvalue weighted by Gasteiger charge is 2.38. The van der Waals surface area contributed by atoms with Crippen LogP contribution in [-0.2, 0) is 11.3 Å². The topological polar surface area (TPSA) is 54.0 Å². The van der Waals surface area contributed by atoms with E-state index in [2.05, 4.69) is 22.3 Å². The zero-order valence-electron chi connectivity index (χ0n) is 17.8. The van der Waals surface area contributed by atoms with Gasteiger partial charge in [-0.05, 0) is 75.9 Å². The van der Waals surface area contributed by atoms with Gasteiger partial charge in [-0.3, -0.25) is 9.69 Å². The Bertz CT molecular complexity index is 671. The summed E-state index contributed by atoms with van der Waals surface area (Å²) in [4.78, 5) is 16.2. The number of piperidine rings is 1. The quantitative estimate of drug-likeness (QED) is 0.777. The summed E-state index contributed by atoms with van der Waals surface area (Å²) in [5.41, 5.74) is 1.74. The molecule has 0 radical (unpaired) electrons. The van der Waals surface area contributed by atoms with E-state index in [0.717, 1.165) is 26.2 Å². The van der Waals surface area contributed by atoms with Crippen molar-refractivity contribution in [3.05, 3.63) is 23.8 Å². The second kappa shape index (κ2) is 9.14. The molecule has 2 aliphatic rings. The minimum atomic E-state index is -0.543. The van der Waals surface area contributed by atoms with Crippen LogP contribution in [0.4, 0.5) is 0 Å². The first-order chi connectivity index (χ1) is 13.4. The average Bonchev–Trinajstić information content (AvgIpc) is 3.05. The van der Waals surface area contributed by atoms with E-state index in [4.69, 9.17) is 9.47 Å². The maximum absolute atomic E-state index is 12.1. The molecule has 1 amide bonds. The zero-order chi connectivity index (χ0) is 20.1. The molecule has 1 unspecified atom stereocenters. The molecular formula is C22H35N3O3. The van der Waals surface area contributed by atoms with Crippen molar-refractivity contribution in [2.45, 2.75) is 45.8 Å². The molecule has 2 saturated heterocycles.